The maximum atomic E-state index is 11.3. The Hall–Kier alpha value is -1.31. The average Bonchev–Trinajstić information content (AvgIpc) is 2.81. The molecule has 1 heterocycles. The van der Waals surface area contributed by atoms with Crippen molar-refractivity contribution < 1.29 is 19.4 Å². The number of methoxy groups -OCH3 is 1. The van der Waals surface area contributed by atoms with E-state index in [4.69, 9.17) is 21.4 Å². The Labute approximate surface area is 141 Å². The van der Waals surface area contributed by atoms with E-state index in [0.717, 1.165) is 6.29 Å². The molecule has 0 aliphatic carbocycles. The van der Waals surface area contributed by atoms with E-state index in [1.165, 1.54) is 7.11 Å². The molecule has 22 heavy (non-hydrogen) atoms. The summed E-state index contributed by atoms with van der Waals surface area (Å²) in [6, 6.07) is 3.36. The summed E-state index contributed by atoms with van der Waals surface area (Å²) >= 11 is 9.40. The third-order valence-corrected chi connectivity index (χ3v) is 4.55. The van der Waals surface area contributed by atoms with E-state index in [-0.39, 0.29) is 6.61 Å². The van der Waals surface area contributed by atoms with Gasteiger partial charge in [0.2, 0.25) is 0 Å². The van der Waals surface area contributed by atoms with E-state index < -0.39 is 11.6 Å². The minimum atomic E-state index is -1.10. The molecule has 8 heteroatoms. The molecule has 120 valence electrons. The Morgan fingerprint density at radius 1 is 1.64 bits per heavy atom. The van der Waals surface area contributed by atoms with E-state index in [0.29, 0.717) is 40.3 Å². The molecular weight excluding hydrogens is 376 g/mol. The van der Waals surface area contributed by atoms with Crippen LogP contribution in [0.5, 0.6) is 0 Å². The van der Waals surface area contributed by atoms with Gasteiger partial charge in [-0.2, -0.15) is 0 Å². The Morgan fingerprint density at radius 2 is 2.36 bits per heavy atom. The number of halogens is 2. The van der Waals surface area contributed by atoms with Gasteiger partial charge in [-0.1, -0.05) is 11.6 Å². The molecule has 1 atom stereocenters. The van der Waals surface area contributed by atoms with E-state index >= 15 is 0 Å². The standard InChI is InChI=1S/C14H16BrClN2O4/c1-22-8-14(17-13(20)21)2-3-18(7-14)12-5-9(16)4-11(15)10(12)6-19/h4-6,17H,2-3,7-8H2,1H3,(H,20,21). The summed E-state index contributed by atoms with van der Waals surface area (Å²) in [6.45, 7) is 1.26. The summed E-state index contributed by atoms with van der Waals surface area (Å²) in [5, 5.41) is 12.1. The van der Waals surface area contributed by atoms with E-state index in [1.807, 2.05) is 4.90 Å². The van der Waals surface area contributed by atoms with Crippen LogP contribution in [0, 0.1) is 0 Å². The zero-order chi connectivity index (χ0) is 16.3. The zero-order valence-electron chi connectivity index (χ0n) is 11.9. The molecule has 0 spiro atoms. The maximum absolute atomic E-state index is 11.3. The highest BCUT2D eigenvalue weighted by Gasteiger charge is 2.40. The largest absolute Gasteiger partial charge is 0.465 e. The van der Waals surface area contributed by atoms with E-state index in [1.54, 1.807) is 12.1 Å². The lowest BCUT2D eigenvalue weighted by Crippen LogP contribution is -2.53. The van der Waals surface area contributed by atoms with Crippen molar-refractivity contribution in [3.63, 3.8) is 0 Å². The molecule has 1 unspecified atom stereocenters. The number of nitrogens with one attached hydrogen (secondary N) is 1. The molecule has 0 aromatic heterocycles. The maximum Gasteiger partial charge on any atom is 0.405 e. The minimum Gasteiger partial charge on any atom is -0.465 e. The molecule has 1 aliphatic heterocycles. The van der Waals surface area contributed by atoms with Crippen molar-refractivity contribution in [3.8, 4) is 0 Å². The molecule has 6 nitrogen and oxygen atoms in total. The second-order valence-electron chi connectivity index (χ2n) is 5.25. The van der Waals surface area contributed by atoms with Gasteiger partial charge in [-0.25, -0.2) is 4.79 Å². The topological polar surface area (TPSA) is 78.9 Å². The Kier molecular flexibility index (Phi) is 5.31. The second kappa shape index (κ2) is 6.85. The number of benzene rings is 1. The number of carbonyl (C=O) groups is 2. The Morgan fingerprint density at radius 3 is 2.95 bits per heavy atom. The average molecular weight is 392 g/mol. The van der Waals surface area contributed by atoms with Gasteiger partial charge in [-0.3, -0.25) is 4.79 Å². The number of carbonyl (C=O) groups excluding carboxylic acids is 1. The number of ether oxygens (including phenoxy) is 1. The van der Waals surface area contributed by atoms with Gasteiger partial charge < -0.3 is 20.1 Å². The number of hydrogen-bond acceptors (Lipinski definition) is 4. The highest BCUT2D eigenvalue weighted by atomic mass is 79.9. The number of carboxylic acid groups (broad SMARTS) is 1. The summed E-state index contributed by atoms with van der Waals surface area (Å²) < 4.78 is 5.77. The third kappa shape index (κ3) is 3.53. The molecule has 0 radical (unpaired) electrons. The first-order valence-corrected chi connectivity index (χ1v) is 7.77. The van der Waals surface area contributed by atoms with Gasteiger partial charge in [0, 0.05) is 35.4 Å². The van der Waals surface area contributed by atoms with Crippen LogP contribution in [0.3, 0.4) is 0 Å². The van der Waals surface area contributed by atoms with Crippen LogP contribution in [0.25, 0.3) is 0 Å². The van der Waals surface area contributed by atoms with Crippen LogP contribution in [-0.2, 0) is 4.74 Å². The summed E-state index contributed by atoms with van der Waals surface area (Å²) in [5.41, 5.74) is 0.475. The Bertz CT molecular complexity index is 598. The fraction of sp³-hybridized carbons (Fsp3) is 0.429. The van der Waals surface area contributed by atoms with E-state index in [9.17, 15) is 9.59 Å². The van der Waals surface area contributed by atoms with E-state index in [2.05, 4.69) is 21.2 Å². The number of anilines is 1. The van der Waals surface area contributed by atoms with Crippen molar-refractivity contribution >= 4 is 45.6 Å². The summed E-state index contributed by atoms with van der Waals surface area (Å²) in [7, 11) is 1.53. The van der Waals surface area contributed by atoms with Crippen LogP contribution in [0.4, 0.5) is 10.5 Å². The van der Waals surface area contributed by atoms with Gasteiger partial charge in [0.25, 0.3) is 0 Å². The van der Waals surface area contributed by atoms with Gasteiger partial charge >= 0.3 is 6.09 Å². The molecule has 1 aromatic carbocycles. The number of aldehydes is 1. The molecular formula is C14H16BrClN2O4. The third-order valence-electron chi connectivity index (χ3n) is 3.68. The van der Waals surface area contributed by atoms with Crippen molar-refractivity contribution in [2.75, 3.05) is 31.7 Å². The van der Waals surface area contributed by atoms with Crippen LogP contribution >= 0.6 is 27.5 Å². The van der Waals surface area contributed by atoms with Gasteiger partial charge in [0.05, 0.1) is 17.7 Å². The van der Waals surface area contributed by atoms with Crippen LogP contribution in [0.15, 0.2) is 16.6 Å². The predicted molar refractivity (Wildman–Crippen MR) is 87.1 cm³/mol. The lowest BCUT2D eigenvalue weighted by atomic mass is 10.0. The highest BCUT2D eigenvalue weighted by Crippen LogP contribution is 2.35. The molecule has 1 aliphatic rings. The number of rotatable bonds is 5. The molecule has 1 aromatic rings. The van der Waals surface area contributed by atoms with Crippen LogP contribution in [-0.4, -0.2) is 49.8 Å². The monoisotopic (exact) mass is 390 g/mol. The smallest absolute Gasteiger partial charge is 0.405 e. The highest BCUT2D eigenvalue weighted by molar-refractivity contribution is 9.10. The molecule has 0 bridgehead atoms. The fourth-order valence-electron chi connectivity index (χ4n) is 2.79. The van der Waals surface area contributed by atoms with Gasteiger partial charge in [0.1, 0.15) is 0 Å². The van der Waals surface area contributed by atoms with Crippen molar-refractivity contribution in [1.82, 2.24) is 5.32 Å². The van der Waals surface area contributed by atoms with Gasteiger partial charge in [0.15, 0.2) is 6.29 Å². The number of hydrogen-bond donors (Lipinski definition) is 2. The van der Waals surface area contributed by atoms with Crippen molar-refractivity contribution in [3.05, 3.63) is 27.2 Å². The van der Waals surface area contributed by atoms with Crippen LogP contribution in [0.1, 0.15) is 16.8 Å². The first kappa shape index (κ1) is 17.1. The van der Waals surface area contributed by atoms with Gasteiger partial charge in [-0.15, -0.1) is 0 Å². The molecule has 2 rings (SSSR count). The molecule has 0 saturated carbocycles. The first-order valence-electron chi connectivity index (χ1n) is 6.60. The first-order chi connectivity index (χ1) is 10.4. The SMILES string of the molecule is COCC1(NC(=O)O)CCN(c2cc(Cl)cc(Br)c2C=O)C1. The summed E-state index contributed by atoms with van der Waals surface area (Å²) in [4.78, 5) is 24.3. The van der Waals surface area contributed by atoms with Crippen LogP contribution in [0.2, 0.25) is 5.02 Å². The zero-order valence-corrected chi connectivity index (χ0v) is 14.3. The van der Waals surface area contributed by atoms with Crippen molar-refractivity contribution in [1.29, 1.82) is 0 Å². The molecule has 2 N–H and O–H groups in total. The fourth-order valence-corrected chi connectivity index (χ4v) is 3.67. The number of nitrogens with zero attached hydrogens (tertiary/aromatic N) is 1. The second-order valence-corrected chi connectivity index (χ2v) is 6.54. The lowest BCUT2D eigenvalue weighted by Gasteiger charge is -2.29. The quantitative estimate of drug-likeness (QED) is 0.755. The normalized spacial score (nSPS) is 21.0. The van der Waals surface area contributed by atoms with Crippen molar-refractivity contribution in [2.45, 2.75) is 12.0 Å². The van der Waals surface area contributed by atoms with Crippen molar-refractivity contribution in [2.24, 2.45) is 0 Å². The summed E-state index contributed by atoms with van der Waals surface area (Å²) in [5.74, 6) is 0. The Balaban J connectivity index is 2.32. The molecule has 1 fully saturated rings. The number of amides is 1. The minimum absolute atomic E-state index is 0.258. The summed E-state index contributed by atoms with van der Waals surface area (Å²) in [6.07, 6.45) is 0.244. The van der Waals surface area contributed by atoms with Gasteiger partial charge in [-0.05, 0) is 34.5 Å². The molecule has 1 saturated heterocycles. The predicted octanol–water partition coefficient (Wildman–Crippen LogP) is 2.78. The molecule has 1 amide bonds. The lowest BCUT2D eigenvalue weighted by molar-refractivity contribution is 0.111. The van der Waals surface area contributed by atoms with Crippen LogP contribution < -0.4 is 10.2 Å².